The number of allylic oxidation sites excluding steroid dienone is 1. The first-order valence-electron chi connectivity index (χ1n) is 12.7. The number of fused-ring (bicyclic) bond motifs is 1. The van der Waals surface area contributed by atoms with Crippen LogP contribution < -0.4 is 25.0 Å². The van der Waals surface area contributed by atoms with Gasteiger partial charge in [-0.05, 0) is 53.8 Å². The third-order valence-electron chi connectivity index (χ3n) is 7.08. The molecule has 0 spiro atoms. The van der Waals surface area contributed by atoms with Gasteiger partial charge in [-0.25, -0.2) is 0 Å². The van der Waals surface area contributed by atoms with Crippen molar-refractivity contribution in [1.82, 2.24) is 5.32 Å². The molecular weight excluding hydrogens is 482 g/mol. The van der Waals surface area contributed by atoms with Gasteiger partial charge in [0.15, 0.2) is 17.3 Å². The number of anilines is 2. The van der Waals surface area contributed by atoms with E-state index in [1.165, 1.54) is 0 Å². The third kappa shape index (κ3) is 4.98. The second-order valence-corrected chi connectivity index (χ2v) is 10.5. The van der Waals surface area contributed by atoms with Crippen LogP contribution in [0.4, 0.5) is 11.4 Å². The highest BCUT2D eigenvalue weighted by Gasteiger charge is 2.42. The minimum atomic E-state index is -0.515. The molecule has 0 bridgehead atoms. The van der Waals surface area contributed by atoms with Gasteiger partial charge in [0.1, 0.15) is 5.76 Å². The summed E-state index contributed by atoms with van der Waals surface area (Å²) in [6.45, 7) is 4.53. The lowest BCUT2D eigenvalue weighted by Crippen LogP contribution is -2.41. The molecule has 1 aliphatic carbocycles. The molecular formula is C30H33N3O5. The summed E-state index contributed by atoms with van der Waals surface area (Å²) >= 11 is 0. The van der Waals surface area contributed by atoms with Crippen LogP contribution in [-0.2, 0) is 16.1 Å². The number of rotatable bonds is 7. The molecule has 5 rings (SSSR count). The summed E-state index contributed by atoms with van der Waals surface area (Å²) in [7, 11) is 3.18. The SMILES string of the molecule is COc1ccc(C2C3=C(CC(C)(C)CC3=O)Nc3ccccc3N2CC(=O)NCc2ccco2)cc1OC. The first-order chi connectivity index (χ1) is 18.3. The number of ether oxygens (including phenoxy) is 2. The molecule has 0 saturated carbocycles. The van der Waals surface area contributed by atoms with E-state index in [0.29, 0.717) is 35.7 Å². The zero-order valence-corrected chi connectivity index (χ0v) is 22.2. The van der Waals surface area contributed by atoms with Crippen molar-refractivity contribution < 1.29 is 23.5 Å². The number of nitrogens with zero attached hydrogens (tertiary/aromatic N) is 1. The second kappa shape index (κ2) is 10.3. The number of furan rings is 1. The van der Waals surface area contributed by atoms with Gasteiger partial charge in [0.05, 0.1) is 51.0 Å². The molecule has 1 amide bonds. The van der Waals surface area contributed by atoms with E-state index in [2.05, 4.69) is 24.5 Å². The topological polar surface area (TPSA) is 93.0 Å². The van der Waals surface area contributed by atoms with Gasteiger partial charge < -0.3 is 29.4 Å². The van der Waals surface area contributed by atoms with E-state index >= 15 is 0 Å². The van der Waals surface area contributed by atoms with Gasteiger partial charge in [-0.15, -0.1) is 0 Å². The van der Waals surface area contributed by atoms with Crippen molar-refractivity contribution in [1.29, 1.82) is 0 Å². The molecule has 0 radical (unpaired) electrons. The standard InChI is InChI=1S/C30H33N3O5/c1-30(2)15-22-28(24(34)16-30)29(19-11-12-25(36-3)26(14-19)37-4)33(23-10-6-5-9-21(23)32-22)18-27(35)31-17-20-8-7-13-38-20/h5-14,29,32H,15-18H2,1-4H3,(H,31,35). The maximum Gasteiger partial charge on any atom is 0.239 e. The fourth-order valence-corrected chi connectivity index (χ4v) is 5.41. The summed E-state index contributed by atoms with van der Waals surface area (Å²) in [6, 6.07) is 16.6. The molecule has 1 atom stereocenters. The Morgan fingerprint density at radius 1 is 1.08 bits per heavy atom. The normalized spacial score (nSPS) is 18.2. The zero-order valence-electron chi connectivity index (χ0n) is 22.2. The number of ketones is 1. The van der Waals surface area contributed by atoms with E-state index in [1.807, 2.05) is 53.4 Å². The molecule has 2 heterocycles. The van der Waals surface area contributed by atoms with Crippen LogP contribution in [0.25, 0.3) is 0 Å². The van der Waals surface area contributed by atoms with Crippen LogP contribution in [0.3, 0.4) is 0 Å². The molecule has 3 aromatic rings. The van der Waals surface area contributed by atoms with Crippen LogP contribution in [0.1, 0.15) is 44.1 Å². The summed E-state index contributed by atoms with van der Waals surface area (Å²) in [5, 5.41) is 6.52. The van der Waals surface area contributed by atoms with Gasteiger partial charge in [0.2, 0.25) is 5.91 Å². The van der Waals surface area contributed by atoms with Crippen LogP contribution in [0.2, 0.25) is 0 Å². The Balaban J connectivity index is 1.63. The van der Waals surface area contributed by atoms with E-state index in [0.717, 1.165) is 22.6 Å². The molecule has 2 aliphatic rings. The van der Waals surface area contributed by atoms with E-state index in [1.54, 1.807) is 26.5 Å². The number of methoxy groups -OCH3 is 2. The number of carbonyl (C=O) groups excluding carboxylic acids is 2. The monoisotopic (exact) mass is 515 g/mol. The molecule has 2 aromatic carbocycles. The lowest BCUT2D eigenvalue weighted by atomic mass is 9.73. The van der Waals surface area contributed by atoms with Crippen LogP contribution in [-0.4, -0.2) is 32.5 Å². The summed E-state index contributed by atoms with van der Waals surface area (Å²) in [5.41, 5.74) is 3.90. The Bertz CT molecular complexity index is 1380. The molecule has 1 aliphatic heterocycles. The van der Waals surface area contributed by atoms with Gasteiger partial charge in [-0.3, -0.25) is 9.59 Å². The molecule has 0 saturated heterocycles. The maximum atomic E-state index is 13.8. The van der Waals surface area contributed by atoms with Gasteiger partial charge in [-0.1, -0.05) is 32.0 Å². The molecule has 1 unspecified atom stereocenters. The summed E-state index contributed by atoms with van der Waals surface area (Å²) < 4.78 is 16.5. The minimum Gasteiger partial charge on any atom is -0.493 e. The second-order valence-electron chi connectivity index (χ2n) is 10.5. The number of amides is 1. The Hall–Kier alpha value is -4.20. The highest BCUT2D eigenvalue weighted by Crippen LogP contribution is 2.49. The molecule has 1 aromatic heterocycles. The van der Waals surface area contributed by atoms with E-state index in [-0.39, 0.29) is 30.2 Å². The predicted molar refractivity (Wildman–Crippen MR) is 145 cm³/mol. The number of hydrogen-bond donors (Lipinski definition) is 2. The van der Waals surface area contributed by atoms with Gasteiger partial charge >= 0.3 is 0 Å². The van der Waals surface area contributed by atoms with Crippen LogP contribution in [0.15, 0.2) is 76.5 Å². The summed E-state index contributed by atoms with van der Waals surface area (Å²) in [5.74, 6) is 1.70. The lowest BCUT2D eigenvalue weighted by Gasteiger charge is -2.38. The molecule has 38 heavy (non-hydrogen) atoms. The third-order valence-corrected chi connectivity index (χ3v) is 7.08. The first kappa shape index (κ1) is 25.4. The zero-order chi connectivity index (χ0) is 26.9. The summed E-state index contributed by atoms with van der Waals surface area (Å²) in [6.07, 6.45) is 2.71. The van der Waals surface area contributed by atoms with E-state index in [9.17, 15) is 9.59 Å². The Kier molecular flexibility index (Phi) is 6.89. The Morgan fingerprint density at radius 2 is 1.87 bits per heavy atom. The highest BCUT2D eigenvalue weighted by atomic mass is 16.5. The summed E-state index contributed by atoms with van der Waals surface area (Å²) in [4.78, 5) is 29.1. The van der Waals surface area contributed by atoms with Gasteiger partial charge in [0, 0.05) is 17.7 Å². The number of benzene rings is 2. The lowest BCUT2D eigenvalue weighted by molar-refractivity contribution is -0.121. The number of nitrogens with one attached hydrogen (secondary N) is 2. The molecule has 2 N–H and O–H groups in total. The van der Waals surface area contributed by atoms with Crippen LogP contribution in [0, 0.1) is 5.41 Å². The minimum absolute atomic E-state index is 0.0336. The quantitative estimate of drug-likeness (QED) is 0.445. The number of carbonyl (C=O) groups is 2. The maximum absolute atomic E-state index is 13.8. The number of Topliss-reactive ketones (excluding diaryl/α,β-unsaturated/α-hetero) is 1. The molecule has 8 nitrogen and oxygen atoms in total. The molecule has 0 fully saturated rings. The Morgan fingerprint density at radius 3 is 2.61 bits per heavy atom. The fourth-order valence-electron chi connectivity index (χ4n) is 5.41. The highest BCUT2D eigenvalue weighted by molar-refractivity contribution is 6.02. The first-order valence-corrected chi connectivity index (χ1v) is 12.7. The molecule has 8 heteroatoms. The van der Waals surface area contributed by atoms with Crippen LogP contribution in [0.5, 0.6) is 11.5 Å². The van der Waals surface area contributed by atoms with Crippen molar-refractivity contribution in [2.24, 2.45) is 5.41 Å². The van der Waals surface area contributed by atoms with Crippen molar-refractivity contribution in [2.45, 2.75) is 39.3 Å². The van der Waals surface area contributed by atoms with Gasteiger partial charge in [-0.2, -0.15) is 0 Å². The van der Waals surface area contributed by atoms with Crippen molar-refractivity contribution in [3.63, 3.8) is 0 Å². The number of para-hydroxylation sites is 2. The average molecular weight is 516 g/mol. The number of hydrogen-bond acceptors (Lipinski definition) is 7. The smallest absolute Gasteiger partial charge is 0.239 e. The van der Waals surface area contributed by atoms with Crippen molar-refractivity contribution in [3.8, 4) is 11.5 Å². The van der Waals surface area contributed by atoms with Crippen molar-refractivity contribution >= 4 is 23.1 Å². The Labute approximate surface area is 222 Å². The van der Waals surface area contributed by atoms with Crippen LogP contribution >= 0.6 is 0 Å². The molecule has 198 valence electrons. The fraction of sp³-hybridized carbons (Fsp3) is 0.333. The van der Waals surface area contributed by atoms with Crippen molar-refractivity contribution in [2.75, 3.05) is 31.0 Å². The van der Waals surface area contributed by atoms with Gasteiger partial charge in [0.25, 0.3) is 0 Å². The van der Waals surface area contributed by atoms with Crippen molar-refractivity contribution in [3.05, 3.63) is 83.5 Å². The average Bonchev–Trinajstić information content (AvgIpc) is 3.37. The van der Waals surface area contributed by atoms with E-state index in [4.69, 9.17) is 13.9 Å². The largest absolute Gasteiger partial charge is 0.493 e. The van der Waals surface area contributed by atoms with E-state index < -0.39 is 6.04 Å². The predicted octanol–water partition coefficient (Wildman–Crippen LogP) is 5.23.